The van der Waals surface area contributed by atoms with E-state index in [1.165, 1.54) is 6.07 Å². The maximum atomic E-state index is 12.3. The maximum Gasteiger partial charge on any atom is 0.339 e. The third-order valence-electron chi connectivity index (χ3n) is 2.80. The third-order valence-corrected chi connectivity index (χ3v) is 4.24. The summed E-state index contributed by atoms with van der Waals surface area (Å²) in [4.78, 5) is 22.5. The minimum absolute atomic E-state index is 0.0883. The molecule has 0 spiro atoms. The normalized spacial score (nSPS) is 12.8. The van der Waals surface area contributed by atoms with Crippen LogP contribution in [0.4, 0.5) is 0 Å². The summed E-state index contributed by atoms with van der Waals surface area (Å²) in [5.74, 6) is -1.24. The third kappa shape index (κ3) is 3.12. The predicted octanol–water partition coefficient (Wildman–Crippen LogP) is -0.347. The van der Waals surface area contributed by atoms with Gasteiger partial charge in [-0.05, 0) is 0 Å². The molecule has 0 saturated heterocycles. The van der Waals surface area contributed by atoms with E-state index in [-0.39, 0.29) is 28.8 Å². The summed E-state index contributed by atoms with van der Waals surface area (Å²) in [5, 5.41) is 0. The number of sulfonamides is 1. The molecule has 0 amide bonds. The Hall–Kier alpha value is -2.33. The van der Waals surface area contributed by atoms with Gasteiger partial charge in [0.2, 0.25) is 16.8 Å². The molecule has 1 aliphatic heterocycles. The molecule has 1 heterocycles. The van der Waals surface area contributed by atoms with Crippen molar-refractivity contribution in [2.75, 3.05) is 27.6 Å². The number of hydrogen-bond acceptors (Lipinski definition) is 8. The van der Waals surface area contributed by atoms with E-state index < -0.39 is 28.5 Å². The van der Waals surface area contributed by atoms with E-state index in [1.807, 2.05) is 4.72 Å². The van der Waals surface area contributed by atoms with Gasteiger partial charge in [0.1, 0.15) is 11.4 Å². The Balaban J connectivity index is 2.44. The number of hydrogen-bond donors (Lipinski definition) is 1. The number of ether oxygens (including phenoxy) is 4. The van der Waals surface area contributed by atoms with E-state index in [2.05, 4.69) is 9.47 Å². The molecule has 0 bridgehead atoms. The van der Waals surface area contributed by atoms with Crippen molar-refractivity contribution in [3.63, 3.8) is 0 Å². The molecule has 0 aliphatic carbocycles. The van der Waals surface area contributed by atoms with Crippen LogP contribution >= 0.6 is 0 Å². The highest BCUT2D eigenvalue weighted by atomic mass is 32.2. The van der Waals surface area contributed by atoms with Crippen molar-refractivity contribution in [1.29, 1.82) is 0 Å². The van der Waals surface area contributed by atoms with E-state index in [4.69, 9.17) is 9.47 Å². The molecule has 1 aromatic carbocycles. The lowest BCUT2D eigenvalue weighted by atomic mass is 10.2. The lowest BCUT2D eigenvalue weighted by molar-refractivity contribution is -0.139. The first-order chi connectivity index (χ1) is 10.4. The number of rotatable bonds is 5. The molecule has 0 radical (unpaired) electrons. The Bertz CT molecular complexity index is 712. The molecule has 2 rings (SSSR count). The SMILES string of the molecule is COC(=O)CNS(=O)(=O)c1cc2c(cc1C(=O)OC)OCO2. The van der Waals surface area contributed by atoms with Gasteiger partial charge in [0, 0.05) is 12.1 Å². The lowest BCUT2D eigenvalue weighted by Gasteiger charge is -2.11. The Kier molecular flexibility index (Phi) is 4.52. The van der Waals surface area contributed by atoms with Gasteiger partial charge >= 0.3 is 11.9 Å². The van der Waals surface area contributed by atoms with Crippen LogP contribution in [0.25, 0.3) is 0 Å². The fraction of sp³-hybridized carbons (Fsp3) is 0.333. The number of methoxy groups -OCH3 is 2. The predicted molar refractivity (Wildman–Crippen MR) is 71.1 cm³/mol. The highest BCUT2D eigenvalue weighted by Crippen LogP contribution is 2.36. The average Bonchev–Trinajstić information content (AvgIpc) is 2.98. The van der Waals surface area contributed by atoms with Gasteiger partial charge in [-0.25, -0.2) is 13.2 Å². The zero-order valence-electron chi connectivity index (χ0n) is 11.7. The number of esters is 2. The van der Waals surface area contributed by atoms with Gasteiger partial charge in [0.25, 0.3) is 0 Å². The van der Waals surface area contributed by atoms with Crippen molar-refractivity contribution >= 4 is 22.0 Å². The standard InChI is InChI=1S/C12H13NO8S/c1-18-11(14)5-13-22(16,17)10-4-9-8(20-6-21-9)3-7(10)12(15)19-2/h3-4,13H,5-6H2,1-2H3. The summed E-state index contributed by atoms with van der Waals surface area (Å²) in [6.45, 7) is -0.664. The molecular formula is C12H13NO8S. The second kappa shape index (κ2) is 6.20. The summed E-state index contributed by atoms with van der Waals surface area (Å²) in [6.07, 6.45) is 0. The monoisotopic (exact) mass is 331 g/mol. The second-order valence-corrected chi connectivity index (χ2v) is 5.83. The van der Waals surface area contributed by atoms with Crippen LogP contribution in [0.5, 0.6) is 11.5 Å². The van der Waals surface area contributed by atoms with E-state index in [0.717, 1.165) is 20.3 Å². The van der Waals surface area contributed by atoms with Crippen LogP contribution in [-0.4, -0.2) is 47.9 Å². The summed E-state index contributed by atoms with van der Waals surface area (Å²) in [5.41, 5.74) is -0.232. The fourth-order valence-corrected chi connectivity index (χ4v) is 2.88. The van der Waals surface area contributed by atoms with Gasteiger partial charge in [0.15, 0.2) is 11.5 Å². The number of carbonyl (C=O) groups excluding carboxylic acids is 2. The van der Waals surface area contributed by atoms with Crippen molar-refractivity contribution < 1.29 is 37.0 Å². The van der Waals surface area contributed by atoms with Crippen molar-refractivity contribution in [2.45, 2.75) is 4.90 Å². The van der Waals surface area contributed by atoms with Crippen molar-refractivity contribution in [3.8, 4) is 11.5 Å². The number of nitrogens with one attached hydrogen (secondary N) is 1. The minimum Gasteiger partial charge on any atom is -0.468 e. The molecule has 1 aliphatic rings. The van der Waals surface area contributed by atoms with Gasteiger partial charge in [0.05, 0.1) is 19.8 Å². The van der Waals surface area contributed by atoms with Crippen molar-refractivity contribution in [3.05, 3.63) is 17.7 Å². The second-order valence-electron chi connectivity index (χ2n) is 4.09. The van der Waals surface area contributed by atoms with Crippen LogP contribution in [-0.2, 0) is 24.3 Å². The number of benzene rings is 1. The summed E-state index contributed by atoms with van der Waals surface area (Å²) < 4.78 is 45.7. The van der Waals surface area contributed by atoms with E-state index in [9.17, 15) is 18.0 Å². The molecule has 10 heteroatoms. The Morgan fingerprint density at radius 2 is 1.82 bits per heavy atom. The van der Waals surface area contributed by atoms with E-state index in [1.54, 1.807) is 0 Å². The summed E-state index contributed by atoms with van der Waals surface area (Å²) >= 11 is 0. The van der Waals surface area contributed by atoms with Crippen LogP contribution in [0.15, 0.2) is 17.0 Å². The lowest BCUT2D eigenvalue weighted by Crippen LogP contribution is -2.31. The molecule has 120 valence electrons. The molecule has 0 fully saturated rings. The molecular weight excluding hydrogens is 318 g/mol. The molecule has 0 atom stereocenters. The summed E-state index contributed by atoms with van der Waals surface area (Å²) in [6, 6.07) is 2.34. The quantitative estimate of drug-likeness (QED) is 0.728. The van der Waals surface area contributed by atoms with Crippen LogP contribution < -0.4 is 14.2 Å². The van der Waals surface area contributed by atoms with Gasteiger partial charge in [-0.15, -0.1) is 0 Å². The number of fused-ring (bicyclic) bond motifs is 1. The highest BCUT2D eigenvalue weighted by molar-refractivity contribution is 7.89. The molecule has 1 aromatic rings. The van der Waals surface area contributed by atoms with Crippen LogP contribution in [0, 0.1) is 0 Å². The smallest absolute Gasteiger partial charge is 0.339 e. The van der Waals surface area contributed by atoms with Crippen LogP contribution in [0.3, 0.4) is 0 Å². The topological polar surface area (TPSA) is 117 Å². The first-order valence-electron chi connectivity index (χ1n) is 5.97. The van der Waals surface area contributed by atoms with Crippen LogP contribution in [0.1, 0.15) is 10.4 Å². The number of carbonyl (C=O) groups is 2. The fourth-order valence-electron chi connectivity index (χ4n) is 1.72. The molecule has 0 saturated carbocycles. The van der Waals surface area contributed by atoms with Gasteiger partial charge in [-0.3, -0.25) is 4.79 Å². The first kappa shape index (κ1) is 16.0. The van der Waals surface area contributed by atoms with E-state index in [0.29, 0.717) is 0 Å². The molecule has 0 aromatic heterocycles. The Morgan fingerprint density at radius 1 is 1.18 bits per heavy atom. The van der Waals surface area contributed by atoms with Crippen LogP contribution in [0.2, 0.25) is 0 Å². The van der Waals surface area contributed by atoms with Crippen molar-refractivity contribution in [2.24, 2.45) is 0 Å². The molecule has 9 nitrogen and oxygen atoms in total. The average molecular weight is 331 g/mol. The van der Waals surface area contributed by atoms with Gasteiger partial charge < -0.3 is 18.9 Å². The zero-order chi connectivity index (χ0) is 16.3. The zero-order valence-corrected chi connectivity index (χ0v) is 12.6. The van der Waals surface area contributed by atoms with E-state index >= 15 is 0 Å². The molecule has 0 unspecified atom stereocenters. The summed E-state index contributed by atoms with van der Waals surface area (Å²) in [7, 11) is -1.92. The first-order valence-corrected chi connectivity index (χ1v) is 7.46. The Morgan fingerprint density at radius 3 is 2.41 bits per heavy atom. The maximum absolute atomic E-state index is 12.3. The molecule has 1 N–H and O–H groups in total. The minimum atomic E-state index is -4.16. The largest absolute Gasteiger partial charge is 0.468 e. The van der Waals surface area contributed by atoms with Crippen molar-refractivity contribution in [1.82, 2.24) is 4.72 Å². The van der Waals surface area contributed by atoms with Gasteiger partial charge in [-0.2, -0.15) is 4.72 Å². The Labute approximate surface area is 126 Å². The molecule has 22 heavy (non-hydrogen) atoms. The highest BCUT2D eigenvalue weighted by Gasteiger charge is 2.28. The van der Waals surface area contributed by atoms with Gasteiger partial charge in [-0.1, -0.05) is 0 Å².